The van der Waals surface area contributed by atoms with Gasteiger partial charge >= 0.3 is 0 Å². The van der Waals surface area contributed by atoms with E-state index in [0.717, 1.165) is 40.7 Å². The molecule has 2 N–H and O–H groups in total. The van der Waals surface area contributed by atoms with Gasteiger partial charge in [0.05, 0.1) is 5.69 Å². The Labute approximate surface area is 182 Å². The minimum Gasteiger partial charge on any atom is -0.372 e. The lowest BCUT2D eigenvalue weighted by atomic mass is 10.1. The molecule has 0 radical (unpaired) electrons. The molecular formula is C24H28N4OS. The van der Waals surface area contributed by atoms with Crippen molar-refractivity contribution in [2.45, 2.75) is 40.2 Å². The number of nitrogens with zero attached hydrogens (tertiary/aromatic N) is 2. The van der Waals surface area contributed by atoms with Crippen LogP contribution in [0.1, 0.15) is 44.9 Å². The van der Waals surface area contributed by atoms with Gasteiger partial charge in [-0.2, -0.15) is 0 Å². The predicted octanol–water partition coefficient (Wildman–Crippen LogP) is 5.34. The molecule has 1 aliphatic rings. The highest BCUT2D eigenvalue weighted by atomic mass is 32.1. The molecule has 1 fully saturated rings. The Morgan fingerprint density at radius 2 is 1.80 bits per heavy atom. The normalized spacial score (nSPS) is 13.5. The van der Waals surface area contributed by atoms with Crippen molar-refractivity contribution < 1.29 is 4.79 Å². The molecule has 1 aliphatic heterocycles. The summed E-state index contributed by atoms with van der Waals surface area (Å²) in [5.41, 5.74) is 6.51. The van der Waals surface area contributed by atoms with Gasteiger partial charge in [0.1, 0.15) is 4.88 Å². The van der Waals surface area contributed by atoms with E-state index in [1.54, 1.807) is 0 Å². The average molecular weight is 421 g/mol. The molecule has 4 rings (SSSR count). The summed E-state index contributed by atoms with van der Waals surface area (Å²) < 4.78 is 0. The first-order valence-corrected chi connectivity index (χ1v) is 11.2. The first-order valence-electron chi connectivity index (χ1n) is 10.4. The Morgan fingerprint density at radius 1 is 1.07 bits per heavy atom. The molecule has 1 saturated heterocycles. The number of benzene rings is 2. The second-order valence-corrected chi connectivity index (χ2v) is 8.92. The number of thiazole rings is 1. The maximum absolute atomic E-state index is 12.7. The zero-order chi connectivity index (χ0) is 21.1. The van der Waals surface area contributed by atoms with Crippen molar-refractivity contribution in [1.82, 2.24) is 10.3 Å². The van der Waals surface area contributed by atoms with Crippen molar-refractivity contribution in [3.63, 3.8) is 0 Å². The van der Waals surface area contributed by atoms with E-state index in [1.165, 1.54) is 35.4 Å². The monoisotopic (exact) mass is 420 g/mol. The van der Waals surface area contributed by atoms with Gasteiger partial charge in [-0.05, 0) is 62.9 Å². The van der Waals surface area contributed by atoms with Crippen LogP contribution in [0, 0.1) is 20.8 Å². The van der Waals surface area contributed by atoms with Crippen molar-refractivity contribution >= 4 is 33.8 Å². The van der Waals surface area contributed by atoms with Gasteiger partial charge in [-0.25, -0.2) is 4.98 Å². The summed E-state index contributed by atoms with van der Waals surface area (Å²) in [4.78, 5) is 20.3. The van der Waals surface area contributed by atoms with E-state index in [1.807, 2.05) is 13.0 Å². The molecular weight excluding hydrogens is 392 g/mol. The van der Waals surface area contributed by atoms with Crippen molar-refractivity contribution in [3.05, 3.63) is 69.7 Å². The Balaban J connectivity index is 1.37. The molecule has 30 heavy (non-hydrogen) atoms. The van der Waals surface area contributed by atoms with Crippen LogP contribution in [-0.4, -0.2) is 24.0 Å². The van der Waals surface area contributed by atoms with E-state index in [9.17, 15) is 4.79 Å². The third-order valence-corrected chi connectivity index (χ3v) is 6.56. The number of aromatic nitrogens is 1. The Bertz CT molecular complexity index is 1040. The highest BCUT2D eigenvalue weighted by molar-refractivity contribution is 7.17. The number of nitrogens with one attached hydrogen (secondary N) is 2. The topological polar surface area (TPSA) is 57.3 Å². The lowest BCUT2D eigenvalue weighted by Gasteiger charge is -2.17. The zero-order valence-corrected chi connectivity index (χ0v) is 18.6. The molecule has 2 aromatic carbocycles. The number of carbonyl (C=O) groups excluding carboxylic acids is 1. The van der Waals surface area contributed by atoms with E-state index in [0.29, 0.717) is 11.4 Å². The zero-order valence-electron chi connectivity index (χ0n) is 17.8. The highest BCUT2D eigenvalue weighted by Crippen LogP contribution is 2.28. The van der Waals surface area contributed by atoms with Gasteiger partial charge in [0.25, 0.3) is 5.91 Å². The summed E-state index contributed by atoms with van der Waals surface area (Å²) >= 11 is 1.39. The van der Waals surface area contributed by atoms with Crippen molar-refractivity contribution in [2.24, 2.45) is 0 Å². The van der Waals surface area contributed by atoms with Gasteiger partial charge in [-0.3, -0.25) is 4.79 Å². The molecule has 1 amide bonds. The maximum atomic E-state index is 12.7. The van der Waals surface area contributed by atoms with Crippen LogP contribution in [-0.2, 0) is 6.54 Å². The van der Waals surface area contributed by atoms with E-state index in [4.69, 9.17) is 0 Å². The minimum absolute atomic E-state index is 0.0812. The van der Waals surface area contributed by atoms with Crippen LogP contribution in [0.25, 0.3) is 0 Å². The average Bonchev–Trinajstić information content (AvgIpc) is 3.39. The fourth-order valence-corrected chi connectivity index (χ4v) is 4.69. The molecule has 6 heteroatoms. The molecule has 0 bridgehead atoms. The Hall–Kier alpha value is -2.86. The lowest BCUT2D eigenvalue weighted by molar-refractivity contribution is 0.0954. The minimum atomic E-state index is -0.0812. The van der Waals surface area contributed by atoms with Gasteiger partial charge in [0.2, 0.25) is 0 Å². The third-order valence-electron chi connectivity index (χ3n) is 5.49. The summed E-state index contributed by atoms with van der Waals surface area (Å²) in [6.45, 7) is 8.81. The van der Waals surface area contributed by atoms with Gasteiger partial charge in [0, 0.05) is 31.0 Å². The fraction of sp³-hybridized carbons (Fsp3) is 0.333. The quantitative estimate of drug-likeness (QED) is 0.565. The van der Waals surface area contributed by atoms with Crippen LogP contribution < -0.4 is 15.5 Å². The number of anilines is 3. The SMILES string of the molecule is Cc1ccc(Nc2nc(C)c(C(=O)NCc3ccc(N4CCCC4)cc3)s2)c(C)c1. The lowest BCUT2D eigenvalue weighted by Crippen LogP contribution is -2.22. The number of amides is 1. The summed E-state index contributed by atoms with van der Waals surface area (Å²) in [5.74, 6) is -0.0812. The van der Waals surface area contributed by atoms with Crippen molar-refractivity contribution in [2.75, 3.05) is 23.3 Å². The first-order chi connectivity index (χ1) is 14.5. The third kappa shape index (κ3) is 4.65. The van der Waals surface area contributed by atoms with Crippen molar-refractivity contribution in [1.29, 1.82) is 0 Å². The van der Waals surface area contributed by atoms with Crippen LogP contribution >= 0.6 is 11.3 Å². The van der Waals surface area contributed by atoms with Crippen LogP contribution in [0.4, 0.5) is 16.5 Å². The fourth-order valence-electron chi connectivity index (χ4n) is 3.79. The van der Waals surface area contributed by atoms with E-state index < -0.39 is 0 Å². The number of hydrogen-bond acceptors (Lipinski definition) is 5. The van der Waals surface area contributed by atoms with Crippen LogP contribution in [0.3, 0.4) is 0 Å². The molecule has 0 saturated carbocycles. The summed E-state index contributed by atoms with van der Waals surface area (Å²) in [5, 5.41) is 7.11. The Morgan fingerprint density at radius 3 is 2.50 bits per heavy atom. The van der Waals surface area contributed by atoms with Gasteiger partial charge in [-0.1, -0.05) is 41.2 Å². The summed E-state index contributed by atoms with van der Waals surface area (Å²) in [6, 6.07) is 14.7. The van der Waals surface area contributed by atoms with Crippen LogP contribution in [0.15, 0.2) is 42.5 Å². The largest absolute Gasteiger partial charge is 0.372 e. The van der Waals surface area contributed by atoms with E-state index in [2.05, 4.69) is 70.8 Å². The van der Waals surface area contributed by atoms with Crippen LogP contribution in [0.2, 0.25) is 0 Å². The smallest absolute Gasteiger partial charge is 0.263 e. The van der Waals surface area contributed by atoms with E-state index >= 15 is 0 Å². The molecule has 156 valence electrons. The molecule has 0 spiro atoms. The Kier molecular flexibility index (Phi) is 6.04. The molecule has 1 aromatic heterocycles. The van der Waals surface area contributed by atoms with Crippen LogP contribution in [0.5, 0.6) is 0 Å². The molecule has 3 aromatic rings. The first kappa shape index (κ1) is 20.4. The highest BCUT2D eigenvalue weighted by Gasteiger charge is 2.16. The van der Waals surface area contributed by atoms with Gasteiger partial charge in [-0.15, -0.1) is 0 Å². The molecule has 0 atom stereocenters. The standard InChI is InChI=1S/C24H28N4OS/c1-16-6-11-21(17(2)14-16)27-24-26-18(3)22(30-24)23(29)25-15-19-7-9-20(10-8-19)28-12-4-5-13-28/h6-11,14H,4-5,12-13,15H2,1-3H3,(H,25,29)(H,26,27). The summed E-state index contributed by atoms with van der Waals surface area (Å²) in [6.07, 6.45) is 2.54. The second-order valence-electron chi connectivity index (χ2n) is 7.92. The number of aryl methyl sites for hydroxylation is 3. The number of rotatable bonds is 6. The molecule has 5 nitrogen and oxygen atoms in total. The maximum Gasteiger partial charge on any atom is 0.263 e. The van der Waals surface area contributed by atoms with Gasteiger partial charge in [0.15, 0.2) is 5.13 Å². The van der Waals surface area contributed by atoms with Gasteiger partial charge < -0.3 is 15.5 Å². The molecule has 2 heterocycles. The second kappa shape index (κ2) is 8.88. The predicted molar refractivity (Wildman–Crippen MR) is 125 cm³/mol. The summed E-state index contributed by atoms with van der Waals surface area (Å²) in [7, 11) is 0. The number of carbonyl (C=O) groups is 1. The number of hydrogen-bond donors (Lipinski definition) is 2. The molecule has 0 unspecified atom stereocenters. The van der Waals surface area contributed by atoms with E-state index in [-0.39, 0.29) is 5.91 Å². The van der Waals surface area contributed by atoms with Crippen molar-refractivity contribution in [3.8, 4) is 0 Å². The molecule has 0 aliphatic carbocycles.